The van der Waals surface area contributed by atoms with Crippen molar-refractivity contribution in [2.24, 2.45) is 0 Å². The third-order valence-electron chi connectivity index (χ3n) is 4.27. The van der Waals surface area contributed by atoms with Crippen LogP contribution in [0.1, 0.15) is 41.6 Å². The number of aromatic amines is 1. The maximum Gasteiger partial charge on any atom is 0.408 e. The Morgan fingerprint density at radius 2 is 2.23 bits per heavy atom. The number of H-pyrrole nitrogens is 1. The number of carbonyl (C=O) groups excluding carboxylic acids is 1. The number of aromatic carboxylic acids is 1. The molecule has 3 heterocycles. The lowest BCUT2D eigenvalue weighted by Crippen LogP contribution is -2.24. The summed E-state index contributed by atoms with van der Waals surface area (Å²) in [6, 6.07) is 5.01. The van der Waals surface area contributed by atoms with Crippen LogP contribution in [0.4, 0.5) is 4.79 Å². The lowest BCUT2D eigenvalue weighted by Gasteiger charge is -2.02. The number of hydrogen-bond acceptors (Lipinski definition) is 7. The number of hydrogen-bond donors (Lipinski definition) is 3. The van der Waals surface area contributed by atoms with Gasteiger partial charge in [-0.05, 0) is 31.0 Å². The Kier molecular flexibility index (Phi) is 7.35. The molecule has 3 rings (SSSR count). The molecule has 0 unspecified atom stereocenters. The van der Waals surface area contributed by atoms with Gasteiger partial charge in [0.2, 0.25) is 0 Å². The van der Waals surface area contributed by atoms with E-state index in [0.29, 0.717) is 5.69 Å². The quantitative estimate of drug-likeness (QED) is 0.435. The number of nitrogens with zero attached hydrogens (tertiary/aromatic N) is 3. The molecule has 0 atom stereocenters. The van der Waals surface area contributed by atoms with Gasteiger partial charge in [0.1, 0.15) is 16.4 Å². The van der Waals surface area contributed by atoms with Gasteiger partial charge in [-0.3, -0.25) is 5.10 Å². The molecule has 0 aromatic carbocycles. The second-order valence-electron chi connectivity index (χ2n) is 6.55. The molecule has 0 bridgehead atoms. The van der Waals surface area contributed by atoms with Crippen molar-refractivity contribution in [1.29, 1.82) is 0 Å². The fourth-order valence-corrected chi connectivity index (χ4v) is 3.79. The molecule has 3 aromatic heterocycles. The Balaban J connectivity index is 1.81. The van der Waals surface area contributed by atoms with Crippen LogP contribution in [0.15, 0.2) is 24.4 Å². The van der Waals surface area contributed by atoms with E-state index in [1.54, 1.807) is 6.07 Å². The van der Waals surface area contributed by atoms with Crippen molar-refractivity contribution >= 4 is 23.4 Å². The van der Waals surface area contributed by atoms with Gasteiger partial charge in [-0.1, -0.05) is 19.3 Å². The van der Waals surface area contributed by atoms with Crippen molar-refractivity contribution in [3.05, 3.63) is 41.5 Å². The smallest absolute Gasteiger partial charge is 0.408 e. The van der Waals surface area contributed by atoms with Gasteiger partial charge in [-0.15, -0.1) is 17.8 Å². The Bertz CT molecular complexity index is 1100. The third kappa shape index (κ3) is 5.67. The maximum absolute atomic E-state index is 11.5. The number of terminal acetylenes is 1. The number of aromatic nitrogens is 4. The number of carboxylic acid groups (broad SMARTS) is 1. The lowest BCUT2D eigenvalue weighted by molar-refractivity contribution is 0.0690. The van der Waals surface area contributed by atoms with Gasteiger partial charge in [-0.2, -0.15) is 5.10 Å². The molecule has 0 spiro atoms. The summed E-state index contributed by atoms with van der Waals surface area (Å²) in [6.07, 6.45) is 8.77. The van der Waals surface area contributed by atoms with Crippen LogP contribution < -0.4 is 5.32 Å². The van der Waals surface area contributed by atoms with E-state index < -0.39 is 12.1 Å². The topological polar surface area (TPSA) is 130 Å². The average molecular weight is 439 g/mol. The van der Waals surface area contributed by atoms with E-state index in [9.17, 15) is 9.59 Å². The van der Waals surface area contributed by atoms with Crippen LogP contribution in [0.2, 0.25) is 0 Å². The summed E-state index contributed by atoms with van der Waals surface area (Å²) < 4.78 is 4.77. The SMILES string of the molecule is C#CCOC(=O)NCc1cc(-c2sc(-c3ccc(C(=O)O)nc3)nc2CCCC)n[nH]1. The van der Waals surface area contributed by atoms with E-state index in [1.807, 2.05) is 6.07 Å². The molecule has 0 radical (unpaired) electrons. The molecular formula is C21H21N5O4S. The fraction of sp³-hybridized carbons (Fsp3) is 0.286. The molecule has 0 aliphatic rings. The van der Waals surface area contributed by atoms with Crippen LogP contribution in [0, 0.1) is 12.3 Å². The predicted molar refractivity (Wildman–Crippen MR) is 116 cm³/mol. The summed E-state index contributed by atoms with van der Waals surface area (Å²) >= 11 is 1.46. The monoisotopic (exact) mass is 439 g/mol. The van der Waals surface area contributed by atoms with Crippen LogP contribution >= 0.6 is 11.3 Å². The Morgan fingerprint density at radius 3 is 2.90 bits per heavy atom. The van der Waals surface area contributed by atoms with Crippen LogP contribution in [-0.4, -0.2) is 43.9 Å². The van der Waals surface area contributed by atoms with Crippen molar-refractivity contribution < 1.29 is 19.4 Å². The number of amides is 1. The fourth-order valence-electron chi connectivity index (χ4n) is 2.73. The number of unbranched alkanes of at least 4 members (excludes halogenated alkanes) is 1. The minimum Gasteiger partial charge on any atom is -0.477 e. The van der Waals surface area contributed by atoms with Crippen LogP contribution in [0.25, 0.3) is 21.1 Å². The molecule has 3 N–H and O–H groups in total. The number of carboxylic acids is 1. The summed E-state index contributed by atoms with van der Waals surface area (Å²) in [4.78, 5) is 32.2. The first-order valence-electron chi connectivity index (χ1n) is 9.60. The molecule has 0 aliphatic heterocycles. The number of aryl methyl sites for hydroxylation is 1. The van der Waals surface area contributed by atoms with Crippen molar-refractivity contribution in [2.75, 3.05) is 6.61 Å². The van der Waals surface area contributed by atoms with Gasteiger partial charge in [0.05, 0.1) is 22.8 Å². The van der Waals surface area contributed by atoms with Crippen LogP contribution in [-0.2, 0) is 17.7 Å². The molecule has 10 heteroatoms. The van der Waals surface area contributed by atoms with Gasteiger partial charge in [0.15, 0.2) is 6.61 Å². The molecule has 0 saturated heterocycles. The van der Waals surface area contributed by atoms with Crippen molar-refractivity contribution in [3.8, 4) is 33.5 Å². The summed E-state index contributed by atoms with van der Waals surface area (Å²) in [5.74, 6) is 1.15. The molecule has 3 aromatic rings. The van der Waals surface area contributed by atoms with Gasteiger partial charge in [0, 0.05) is 11.8 Å². The zero-order valence-electron chi connectivity index (χ0n) is 16.8. The molecular weight excluding hydrogens is 418 g/mol. The highest BCUT2D eigenvalue weighted by molar-refractivity contribution is 7.18. The molecule has 31 heavy (non-hydrogen) atoms. The largest absolute Gasteiger partial charge is 0.477 e. The number of alkyl carbamates (subject to hydrolysis) is 1. The molecule has 0 fully saturated rings. The number of pyridine rings is 1. The number of carbonyl (C=O) groups is 2. The first-order valence-corrected chi connectivity index (χ1v) is 10.4. The normalized spacial score (nSPS) is 10.5. The Morgan fingerprint density at radius 1 is 1.39 bits per heavy atom. The third-order valence-corrected chi connectivity index (χ3v) is 5.44. The molecule has 9 nitrogen and oxygen atoms in total. The second kappa shape index (κ2) is 10.4. The van der Waals surface area contributed by atoms with E-state index in [4.69, 9.17) is 21.3 Å². The number of thiazole rings is 1. The Hall–Kier alpha value is -3.71. The van der Waals surface area contributed by atoms with Crippen LogP contribution in [0.3, 0.4) is 0 Å². The highest BCUT2D eigenvalue weighted by atomic mass is 32.1. The van der Waals surface area contributed by atoms with Crippen LogP contribution in [0.5, 0.6) is 0 Å². The first-order chi connectivity index (χ1) is 15.0. The predicted octanol–water partition coefficient (Wildman–Crippen LogP) is 3.50. The van der Waals surface area contributed by atoms with E-state index in [1.165, 1.54) is 23.6 Å². The lowest BCUT2D eigenvalue weighted by atomic mass is 10.1. The highest BCUT2D eigenvalue weighted by Gasteiger charge is 2.17. The molecule has 0 aliphatic carbocycles. The molecule has 0 saturated carbocycles. The number of rotatable bonds is 9. The van der Waals surface area contributed by atoms with E-state index >= 15 is 0 Å². The number of nitrogens with one attached hydrogen (secondary N) is 2. The first kappa shape index (κ1) is 22.0. The van der Waals surface area contributed by atoms with E-state index in [-0.39, 0.29) is 18.8 Å². The van der Waals surface area contributed by atoms with Crippen molar-refractivity contribution in [3.63, 3.8) is 0 Å². The minimum atomic E-state index is -1.07. The van der Waals surface area contributed by atoms with Gasteiger partial charge >= 0.3 is 12.1 Å². The average Bonchev–Trinajstić information content (AvgIpc) is 3.41. The maximum atomic E-state index is 11.5. The van der Waals surface area contributed by atoms with Crippen molar-refractivity contribution in [2.45, 2.75) is 32.7 Å². The van der Waals surface area contributed by atoms with Gasteiger partial charge in [-0.25, -0.2) is 19.6 Å². The summed E-state index contributed by atoms with van der Waals surface area (Å²) in [5.41, 5.74) is 3.07. The van der Waals surface area contributed by atoms with E-state index in [2.05, 4.69) is 33.3 Å². The minimum absolute atomic E-state index is 0.0167. The van der Waals surface area contributed by atoms with E-state index in [0.717, 1.165) is 46.1 Å². The molecule has 160 valence electrons. The highest BCUT2D eigenvalue weighted by Crippen LogP contribution is 2.35. The zero-order chi connectivity index (χ0) is 22.2. The van der Waals surface area contributed by atoms with Crippen molar-refractivity contribution in [1.82, 2.24) is 25.5 Å². The number of ether oxygens (including phenoxy) is 1. The summed E-state index contributed by atoms with van der Waals surface area (Å²) in [5, 5.41) is 19.6. The second-order valence-corrected chi connectivity index (χ2v) is 7.55. The summed E-state index contributed by atoms with van der Waals surface area (Å²) in [7, 11) is 0. The van der Waals surface area contributed by atoms with Gasteiger partial charge in [0.25, 0.3) is 0 Å². The molecule has 1 amide bonds. The van der Waals surface area contributed by atoms with Gasteiger partial charge < -0.3 is 15.2 Å². The zero-order valence-corrected chi connectivity index (χ0v) is 17.7. The Labute approximate surface area is 182 Å². The summed E-state index contributed by atoms with van der Waals surface area (Å²) in [6.45, 7) is 2.23. The standard InChI is InChI=1S/C21H21N5O4S/c1-3-5-6-15-18(17-10-14(25-26-17)12-23-21(29)30-9-4-2)31-19(24-15)13-7-8-16(20(27)28)22-11-13/h2,7-8,10-11H,3,5-6,9,12H2,1H3,(H,23,29)(H,25,26)(H,27,28).